The molecule has 1 aliphatic heterocycles. The normalized spacial score (nSPS) is 15.0. The summed E-state index contributed by atoms with van der Waals surface area (Å²) >= 11 is 0. The van der Waals surface area contributed by atoms with Crippen molar-refractivity contribution in [3.05, 3.63) is 52.8 Å². The first kappa shape index (κ1) is 26.6. The lowest BCUT2D eigenvalue weighted by atomic mass is 10.1. The molecule has 0 spiro atoms. The summed E-state index contributed by atoms with van der Waals surface area (Å²) < 4.78 is 13.4. The summed E-state index contributed by atoms with van der Waals surface area (Å²) in [7, 11) is 5.86. The molecule has 0 saturated carbocycles. The molecule has 0 unspecified atom stereocenters. The molecule has 0 amide bonds. The van der Waals surface area contributed by atoms with Gasteiger partial charge in [0.25, 0.3) is 0 Å². The van der Waals surface area contributed by atoms with Gasteiger partial charge in [-0.05, 0) is 29.9 Å². The highest BCUT2D eigenvalue weighted by Gasteiger charge is 2.16. The molecule has 1 N–H and O–H groups in total. The lowest BCUT2D eigenvalue weighted by molar-refractivity contribution is -0.0390. The monoisotopic (exact) mass is 555 g/mol. The number of hydrogen-bond donors (Lipinski definition) is 1. The number of hydrogen-bond acceptors (Lipinski definition) is 4. The van der Waals surface area contributed by atoms with Crippen molar-refractivity contribution < 1.29 is 9.47 Å². The van der Waals surface area contributed by atoms with Crippen LogP contribution in [-0.4, -0.2) is 54.1 Å². The Labute approximate surface area is 209 Å². The zero-order valence-corrected chi connectivity index (χ0v) is 22.3. The number of benzene rings is 1. The molecule has 2 aromatic rings. The van der Waals surface area contributed by atoms with Gasteiger partial charge in [0, 0.05) is 59.2 Å². The van der Waals surface area contributed by atoms with Crippen LogP contribution >= 0.6 is 24.0 Å². The Morgan fingerprint density at radius 2 is 2.03 bits per heavy atom. The Morgan fingerprint density at radius 3 is 2.72 bits per heavy atom. The molecule has 0 radical (unpaired) electrons. The third kappa shape index (κ3) is 7.74. The van der Waals surface area contributed by atoms with Crippen LogP contribution in [0.4, 0.5) is 0 Å². The van der Waals surface area contributed by atoms with Crippen LogP contribution in [0.2, 0.25) is 0 Å². The van der Waals surface area contributed by atoms with E-state index in [9.17, 15) is 0 Å². The van der Waals surface area contributed by atoms with Crippen molar-refractivity contribution in [1.82, 2.24) is 20.0 Å². The van der Waals surface area contributed by atoms with Gasteiger partial charge in [-0.3, -0.25) is 9.67 Å². The molecule has 1 saturated heterocycles. The summed E-state index contributed by atoms with van der Waals surface area (Å²) in [6, 6.07) is 8.56. The van der Waals surface area contributed by atoms with Gasteiger partial charge in [-0.1, -0.05) is 38.1 Å². The molecule has 1 aliphatic rings. The van der Waals surface area contributed by atoms with Gasteiger partial charge in [-0.2, -0.15) is 5.10 Å². The summed E-state index contributed by atoms with van der Waals surface area (Å²) in [6.07, 6.45) is 4.38. The summed E-state index contributed by atoms with van der Waals surface area (Å²) in [5.41, 5.74) is 4.79. The van der Waals surface area contributed by atoms with Gasteiger partial charge < -0.3 is 19.7 Å². The van der Waals surface area contributed by atoms with Gasteiger partial charge in [-0.25, -0.2) is 0 Å². The zero-order valence-electron chi connectivity index (χ0n) is 20.0. The van der Waals surface area contributed by atoms with E-state index in [0.717, 1.165) is 44.3 Å². The predicted octanol–water partition coefficient (Wildman–Crippen LogP) is 4.06. The van der Waals surface area contributed by atoms with E-state index in [0.29, 0.717) is 25.2 Å². The lowest BCUT2D eigenvalue weighted by Gasteiger charge is -2.23. The highest BCUT2D eigenvalue weighted by Crippen LogP contribution is 2.19. The molecule has 2 heterocycles. The van der Waals surface area contributed by atoms with Crippen LogP contribution in [0.3, 0.4) is 0 Å². The van der Waals surface area contributed by atoms with Crippen LogP contribution in [0.15, 0.2) is 35.5 Å². The lowest BCUT2D eigenvalue weighted by Crippen LogP contribution is -2.38. The van der Waals surface area contributed by atoms with Crippen LogP contribution in [0.1, 0.15) is 55.0 Å². The van der Waals surface area contributed by atoms with Crippen molar-refractivity contribution in [3.63, 3.8) is 0 Å². The van der Waals surface area contributed by atoms with E-state index in [4.69, 9.17) is 9.47 Å². The number of aryl methyl sites for hydroxylation is 1. The van der Waals surface area contributed by atoms with Gasteiger partial charge in [0.05, 0.1) is 18.4 Å². The van der Waals surface area contributed by atoms with Gasteiger partial charge >= 0.3 is 0 Å². The van der Waals surface area contributed by atoms with Crippen LogP contribution in [0.5, 0.6) is 0 Å². The van der Waals surface area contributed by atoms with Crippen LogP contribution in [0, 0.1) is 0 Å². The maximum Gasteiger partial charge on any atom is 0.193 e. The van der Waals surface area contributed by atoms with Crippen molar-refractivity contribution in [2.24, 2.45) is 12.0 Å². The fourth-order valence-corrected chi connectivity index (χ4v) is 3.95. The van der Waals surface area contributed by atoms with Gasteiger partial charge in [0.15, 0.2) is 5.96 Å². The summed E-state index contributed by atoms with van der Waals surface area (Å²) in [4.78, 5) is 6.61. The minimum atomic E-state index is 0. The number of ether oxygens (including phenoxy) is 2. The third-order valence-corrected chi connectivity index (χ3v) is 5.56. The number of guanidine groups is 1. The van der Waals surface area contributed by atoms with E-state index in [2.05, 4.69) is 71.7 Å². The van der Waals surface area contributed by atoms with Crippen molar-refractivity contribution >= 4 is 29.9 Å². The number of aromatic nitrogens is 2. The van der Waals surface area contributed by atoms with Crippen molar-refractivity contribution in [1.29, 1.82) is 0 Å². The maximum atomic E-state index is 6.07. The van der Waals surface area contributed by atoms with Crippen molar-refractivity contribution in [2.75, 3.05) is 27.3 Å². The number of nitrogens with zero attached hydrogens (tertiary/aromatic N) is 4. The van der Waals surface area contributed by atoms with E-state index >= 15 is 0 Å². The van der Waals surface area contributed by atoms with Gasteiger partial charge in [0.2, 0.25) is 0 Å². The van der Waals surface area contributed by atoms with E-state index < -0.39 is 0 Å². The molecule has 8 heteroatoms. The Balaban J connectivity index is 0.00000363. The van der Waals surface area contributed by atoms with E-state index in [1.165, 1.54) is 16.7 Å². The second-order valence-electron chi connectivity index (χ2n) is 8.57. The molecule has 0 atom stereocenters. The van der Waals surface area contributed by atoms with E-state index in [1.807, 2.05) is 18.8 Å². The molecule has 1 aromatic carbocycles. The second-order valence-corrected chi connectivity index (χ2v) is 8.57. The van der Waals surface area contributed by atoms with E-state index in [1.54, 1.807) is 0 Å². The smallest absolute Gasteiger partial charge is 0.193 e. The molecule has 0 bridgehead atoms. The molecular formula is C24H38IN5O2. The standard InChI is InChI=1S/C24H37N5O2.HI/c1-18(2)23-21(16-29(5)27-23)15-28(4)24(25-3)26-14-19-7-6-8-20(13-19)17-31-22-9-11-30-12-10-22;/h6-8,13,16,18,22H,9-12,14-15,17H2,1-5H3,(H,25,26);1H. The molecular weight excluding hydrogens is 517 g/mol. The first-order valence-corrected chi connectivity index (χ1v) is 11.2. The number of rotatable bonds is 8. The fourth-order valence-electron chi connectivity index (χ4n) is 3.95. The maximum absolute atomic E-state index is 6.07. The van der Waals surface area contributed by atoms with Gasteiger partial charge in [0.1, 0.15) is 0 Å². The molecule has 7 nitrogen and oxygen atoms in total. The number of nitrogens with one attached hydrogen (secondary N) is 1. The van der Waals surface area contributed by atoms with Crippen molar-refractivity contribution in [3.8, 4) is 0 Å². The Hall–Kier alpha value is -1.65. The predicted molar refractivity (Wildman–Crippen MR) is 139 cm³/mol. The molecule has 3 rings (SSSR count). The largest absolute Gasteiger partial charge is 0.381 e. The average Bonchev–Trinajstić information content (AvgIpc) is 3.14. The SMILES string of the molecule is CN=C(NCc1cccc(COC2CCOCC2)c1)N(C)Cc1cn(C)nc1C(C)C.I. The quantitative estimate of drug-likeness (QED) is 0.303. The summed E-state index contributed by atoms with van der Waals surface area (Å²) in [6.45, 7) is 8.09. The number of aliphatic imine (C=N–C) groups is 1. The van der Waals surface area contributed by atoms with Crippen LogP contribution < -0.4 is 5.32 Å². The zero-order chi connectivity index (χ0) is 22.2. The molecule has 0 aliphatic carbocycles. The summed E-state index contributed by atoms with van der Waals surface area (Å²) in [5.74, 6) is 1.26. The second kappa shape index (κ2) is 13.2. The first-order valence-electron chi connectivity index (χ1n) is 11.2. The highest BCUT2D eigenvalue weighted by atomic mass is 127. The highest BCUT2D eigenvalue weighted by molar-refractivity contribution is 14.0. The van der Waals surface area contributed by atoms with Gasteiger partial charge in [-0.15, -0.1) is 24.0 Å². The van der Waals surface area contributed by atoms with Crippen molar-refractivity contribution in [2.45, 2.75) is 58.4 Å². The Morgan fingerprint density at radius 1 is 1.31 bits per heavy atom. The first-order chi connectivity index (χ1) is 15.0. The van der Waals surface area contributed by atoms with Crippen LogP contribution in [-0.2, 0) is 36.2 Å². The van der Waals surface area contributed by atoms with E-state index in [-0.39, 0.29) is 24.0 Å². The fraction of sp³-hybridized carbons (Fsp3) is 0.583. The minimum Gasteiger partial charge on any atom is -0.381 e. The average molecular weight is 556 g/mol. The minimum absolute atomic E-state index is 0. The molecule has 1 fully saturated rings. The molecule has 1 aromatic heterocycles. The molecule has 32 heavy (non-hydrogen) atoms. The Kier molecular flexibility index (Phi) is 10.9. The van der Waals surface area contributed by atoms with Crippen LogP contribution in [0.25, 0.3) is 0 Å². The number of halogens is 1. The Bertz CT molecular complexity index is 862. The summed E-state index contributed by atoms with van der Waals surface area (Å²) in [5, 5.41) is 8.10. The third-order valence-electron chi connectivity index (χ3n) is 5.56. The topological polar surface area (TPSA) is 63.9 Å². The molecule has 178 valence electrons.